The van der Waals surface area contributed by atoms with E-state index in [0.29, 0.717) is 53.7 Å². The Kier molecular flexibility index (Phi) is 7.63. The van der Waals surface area contributed by atoms with Crippen LogP contribution < -0.4 is 16.8 Å². The van der Waals surface area contributed by atoms with Crippen LogP contribution in [0.25, 0.3) is 5.69 Å². The number of nitrogen functional groups attached to an aromatic ring is 1. The fourth-order valence-corrected chi connectivity index (χ4v) is 4.61. The number of likely N-dealkylation sites (tertiary alicyclic amines) is 1. The number of anilines is 2. The molecule has 0 unspecified atom stereocenters. The third kappa shape index (κ3) is 6.08. The second kappa shape index (κ2) is 10.7. The molecule has 0 saturated carbocycles. The molecule has 1 aromatic carbocycles. The molecule has 0 atom stereocenters. The van der Waals surface area contributed by atoms with E-state index in [4.69, 9.17) is 27.8 Å². The standard InChI is InChI=1S/C27H31ClN6O4/c1-27(2,3)38-26(37)33-12-9-16(10-13-33)20-15-34(23(22(20)29)24(30)35)19-6-4-17(5-7-19)25(36)32-21-14-18(28)8-11-31-21/h4-8,11,14-16H,9-10,12-13,29H2,1-3H3,(H2,30,35)(H,31,32,36). The van der Waals surface area contributed by atoms with Crippen LogP contribution in [0.2, 0.25) is 5.02 Å². The summed E-state index contributed by atoms with van der Waals surface area (Å²) in [5.41, 5.74) is 13.9. The molecule has 0 spiro atoms. The fourth-order valence-electron chi connectivity index (χ4n) is 4.45. The van der Waals surface area contributed by atoms with Crippen LogP contribution in [-0.2, 0) is 4.74 Å². The number of nitrogens with zero attached hydrogens (tertiary/aromatic N) is 3. The fraction of sp³-hybridized carbons (Fsp3) is 0.333. The number of piperidine rings is 1. The molecule has 4 rings (SSSR count). The summed E-state index contributed by atoms with van der Waals surface area (Å²) in [6, 6.07) is 9.85. The van der Waals surface area contributed by atoms with Crippen LogP contribution in [-0.4, -0.2) is 51.0 Å². The van der Waals surface area contributed by atoms with Gasteiger partial charge in [-0.05, 0) is 81.5 Å². The molecule has 1 saturated heterocycles. The van der Waals surface area contributed by atoms with Crippen LogP contribution in [0.4, 0.5) is 16.3 Å². The number of carbonyl (C=O) groups excluding carboxylic acids is 3. The molecule has 200 valence electrons. The lowest BCUT2D eigenvalue weighted by molar-refractivity contribution is 0.0205. The Morgan fingerprint density at radius 3 is 2.34 bits per heavy atom. The predicted molar refractivity (Wildman–Crippen MR) is 146 cm³/mol. The van der Waals surface area contributed by atoms with Crippen LogP contribution in [0.3, 0.4) is 0 Å². The van der Waals surface area contributed by atoms with Crippen molar-refractivity contribution in [1.82, 2.24) is 14.5 Å². The van der Waals surface area contributed by atoms with Crippen LogP contribution in [0.1, 0.15) is 65.9 Å². The summed E-state index contributed by atoms with van der Waals surface area (Å²) in [5.74, 6) is -0.633. The second-order valence-electron chi connectivity index (χ2n) is 10.2. The van der Waals surface area contributed by atoms with Gasteiger partial charge in [0.15, 0.2) is 0 Å². The molecule has 3 amide bonds. The van der Waals surface area contributed by atoms with Crippen LogP contribution >= 0.6 is 11.6 Å². The number of hydrogen-bond acceptors (Lipinski definition) is 6. The van der Waals surface area contributed by atoms with E-state index in [2.05, 4.69) is 10.3 Å². The highest BCUT2D eigenvalue weighted by Crippen LogP contribution is 2.36. The minimum atomic E-state index is -0.659. The van der Waals surface area contributed by atoms with Gasteiger partial charge in [-0.2, -0.15) is 0 Å². The molecule has 0 bridgehead atoms. The highest BCUT2D eigenvalue weighted by Gasteiger charge is 2.30. The normalized spacial score (nSPS) is 14.3. The molecule has 38 heavy (non-hydrogen) atoms. The first-order valence-corrected chi connectivity index (χ1v) is 12.6. The van der Waals surface area contributed by atoms with Gasteiger partial charge in [-0.25, -0.2) is 9.78 Å². The van der Waals surface area contributed by atoms with Crippen LogP contribution in [0.15, 0.2) is 48.8 Å². The molecule has 1 aliphatic heterocycles. The van der Waals surface area contributed by atoms with Gasteiger partial charge in [-0.3, -0.25) is 9.59 Å². The monoisotopic (exact) mass is 538 g/mol. The number of carbonyl (C=O) groups is 3. The van der Waals surface area contributed by atoms with Crippen molar-refractivity contribution in [3.05, 3.63) is 70.6 Å². The van der Waals surface area contributed by atoms with Crippen LogP contribution in [0, 0.1) is 0 Å². The lowest BCUT2D eigenvalue weighted by atomic mass is 9.90. The van der Waals surface area contributed by atoms with E-state index in [-0.39, 0.29) is 23.6 Å². The summed E-state index contributed by atoms with van der Waals surface area (Å²) >= 11 is 5.95. The Labute approximate surface area is 225 Å². The third-order valence-electron chi connectivity index (χ3n) is 6.27. The van der Waals surface area contributed by atoms with E-state index in [1.807, 2.05) is 27.0 Å². The average Bonchev–Trinajstić information content (AvgIpc) is 3.20. The third-order valence-corrected chi connectivity index (χ3v) is 6.50. The average molecular weight is 539 g/mol. The zero-order chi connectivity index (χ0) is 27.6. The number of nitrogens with two attached hydrogens (primary N) is 2. The maximum atomic E-state index is 12.6. The molecule has 3 aromatic rings. The number of rotatable bonds is 5. The minimum Gasteiger partial charge on any atom is -0.444 e. The van der Waals surface area contributed by atoms with Crippen molar-refractivity contribution in [3.63, 3.8) is 0 Å². The summed E-state index contributed by atoms with van der Waals surface area (Å²) in [7, 11) is 0. The van der Waals surface area contributed by atoms with Gasteiger partial charge < -0.3 is 31.0 Å². The van der Waals surface area contributed by atoms with Crippen molar-refractivity contribution in [3.8, 4) is 5.69 Å². The van der Waals surface area contributed by atoms with Gasteiger partial charge in [0.25, 0.3) is 11.8 Å². The molecule has 1 fully saturated rings. The Bertz CT molecular complexity index is 1350. The molecule has 10 nitrogen and oxygen atoms in total. The maximum Gasteiger partial charge on any atom is 0.410 e. The van der Waals surface area contributed by atoms with Crippen molar-refractivity contribution < 1.29 is 19.1 Å². The molecule has 3 heterocycles. The number of nitrogens with one attached hydrogen (secondary N) is 1. The quantitative estimate of drug-likeness (QED) is 0.433. The van der Waals surface area contributed by atoms with E-state index in [1.54, 1.807) is 45.9 Å². The molecule has 11 heteroatoms. The minimum absolute atomic E-state index is 0.0447. The number of hydrogen-bond donors (Lipinski definition) is 3. The summed E-state index contributed by atoms with van der Waals surface area (Å²) in [6.45, 7) is 6.54. The number of aromatic nitrogens is 2. The second-order valence-corrected chi connectivity index (χ2v) is 10.6. The highest BCUT2D eigenvalue weighted by molar-refractivity contribution is 6.30. The first-order chi connectivity index (χ1) is 17.9. The molecular weight excluding hydrogens is 508 g/mol. The van der Waals surface area contributed by atoms with Gasteiger partial charge in [0, 0.05) is 41.8 Å². The number of amides is 3. The summed E-state index contributed by atoms with van der Waals surface area (Å²) in [5, 5.41) is 3.16. The molecule has 0 radical (unpaired) electrons. The van der Waals surface area contributed by atoms with E-state index < -0.39 is 11.5 Å². The smallest absolute Gasteiger partial charge is 0.410 e. The number of ether oxygens (including phenoxy) is 1. The number of benzene rings is 1. The summed E-state index contributed by atoms with van der Waals surface area (Å²) in [4.78, 5) is 43.2. The van der Waals surface area contributed by atoms with Crippen molar-refractivity contribution in [2.45, 2.75) is 45.1 Å². The van der Waals surface area contributed by atoms with Crippen molar-refractivity contribution in [1.29, 1.82) is 0 Å². The predicted octanol–water partition coefficient (Wildman–Crippen LogP) is 4.57. The summed E-state index contributed by atoms with van der Waals surface area (Å²) < 4.78 is 7.12. The molecule has 1 aliphatic rings. The van der Waals surface area contributed by atoms with Gasteiger partial charge in [0.1, 0.15) is 17.1 Å². The van der Waals surface area contributed by atoms with Gasteiger partial charge in [0.05, 0.1) is 5.69 Å². The maximum absolute atomic E-state index is 12.6. The largest absolute Gasteiger partial charge is 0.444 e. The highest BCUT2D eigenvalue weighted by atomic mass is 35.5. The van der Waals surface area contributed by atoms with E-state index in [1.165, 1.54) is 6.20 Å². The Balaban J connectivity index is 1.51. The van der Waals surface area contributed by atoms with Gasteiger partial charge in [-0.15, -0.1) is 0 Å². The van der Waals surface area contributed by atoms with Crippen molar-refractivity contribution in [2.24, 2.45) is 5.73 Å². The van der Waals surface area contributed by atoms with E-state index in [0.717, 1.165) is 5.56 Å². The Morgan fingerprint density at radius 2 is 1.76 bits per heavy atom. The zero-order valence-electron chi connectivity index (χ0n) is 21.5. The van der Waals surface area contributed by atoms with Crippen LogP contribution in [0.5, 0.6) is 0 Å². The Morgan fingerprint density at radius 1 is 1.11 bits per heavy atom. The first kappa shape index (κ1) is 27.0. The van der Waals surface area contributed by atoms with Gasteiger partial charge in [0.2, 0.25) is 0 Å². The summed E-state index contributed by atoms with van der Waals surface area (Å²) in [6.07, 6.45) is 4.32. The SMILES string of the molecule is CC(C)(C)OC(=O)N1CCC(c2cn(-c3ccc(C(=O)Nc4cc(Cl)ccn4)cc3)c(C(N)=O)c2N)CC1. The number of halogens is 1. The topological polar surface area (TPSA) is 146 Å². The van der Waals surface area contributed by atoms with E-state index in [9.17, 15) is 14.4 Å². The van der Waals surface area contributed by atoms with E-state index >= 15 is 0 Å². The lowest BCUT2D eigenvalue weighted by Gasteiger charge is -2.33. The first-order valence-electron chi connectivity index (χ1n) is 12.2. The van der Waals surface area contributed by atoms with Crippen molar-refractivity contribution >= 4 is 41.0 Å². The molecule has 2 aromatic heterocycles. The van der Waals surface area contributed by atoms with Crippen molar-refractivity contribution in [2.75, 3.05) is 24.1 Å². The van der Waals surface area contributed by atoms with Gasteiger partial charge in [-0.1, -0.05) is 11.6 Å². The zero-order valence-corrected chi connectivity index (χ0v) is 22.3. The Hall–Kier alpha value is -4.05. The molecule has 5 N–H and O–H groups in total. The van der Waals surface area contributed by atoms with Gasteiger partial charge >= 0.3 is 6.09 Å². The number of pyridine rings is 1. The molecular formula is C27H31ClN6O4. The number of primary amides is 1. The lowest BCUT2D eigenvalue weighted by Crippen LogP contribution is -2.41. The molecule has 0 aliphatic carbocycles.